The Bertz CT molecular complexity index is 702. The maximum absolute atomic E-state index is 10.7. The molecule has 0 bridgehead atoms. The number of hydrogen-bond acceptors (Lipinski definition) is 4. The van der Waals surface area contributed by atoms with E-state index in [1.807, 2.05) is 6.07 Å². The third-order valence-corrected chi connectivity index (χ3v) is 2.88. The number of nitriles is 2. The van der Waals surface area contributed by atoms with E-state index in [1.54, 1.807) is 30.3 Å². The standard InChI is InChI=1S/C15H10N2O3/c16-8-10-1-3-11(4-2-10)12(9-17)7-13-5-6-14(20-13)15(18)19/h1-6,12H,7H2,(H,18,19). The van der Waals surface area contributed by atoms with Gasteiger partial charge in [0.15, 0.2) is 0 Å². The zero-order chi connectivity index (χ0) is 14.5. The maximum Gasteiger partial charge on any atom is 0.371 e. The van der Waals surface area contributed by atoms with Gasteiger partial charge < -0.3 is 9.52 Å². The molecule has 20 heavy (non-hydrogen) atoms. The molecule has 0 radical (unpaired) electrons. The van der Waals surface area contributed by atoms with Crippen LogP contribution in [-0.2, 0) is 6.42 Å². The van der Waals surface area contributed by atoms with E-state index in [-0.39, 0.29) is 12.2 Å². The Kier molecular flexibility index (Phi) is 3.83. The van der Waals surface area contributed by atoms with Gasteiger partial charge in [0, 0.05) is 6.42 Å². The first kappa shape index (κ1) is 13.4. The lowest BCUT2D eigenvalue weighted by Gasteiger charge is -2.07. The van der Waals surface area contributed by atoms with Gasteiger partial charge in [0.2, 0.25) is 5.76 Å². The molecule has 1 atom stereocenters. The van der Waals surface area contributed by atoms with Crippen molar-refractivity contribution in [2.45, 2.75) is 12.3 Å². The topological polar surface area (TPSA) is 98.0 Å². The second-order valence-electron chi connectivity index (χ2n) is 4.19. The van der Waals surface area contributed by atoms with Gasteiger partial charge in [-0.2, -0.15) is 10.5 Å². The van der Waals surface area contributed by atoms with Crippen LogP contribution in [0.25, 0.3) is 0 Å². The van der Waals surface area contributed by atoms with E-state index in [4.69, 9.17) is 14.8 Å². The molecule has 0 saturated carbocycles. The van der Waals surface area contributed by atoms with Crippen LogP contribution in [0, 0.1) is 22.7 Å². The minimum absolute atomic E-state index is 0.142. The number of aromatic carboxylic acids is 1. The Balaban J connectivity index is 2.18. The number of hydrogen-bond donors (Lipinski definition) is 1. The summed E-state index contributed by atoms with van der Waals surface area (Å²) in [6.45, 7) is 0. The number of nitrogens with zero attached hydrogens (tertiary/aromatic N) is 2. The third kappa shape index (κ3) is 2.85. The van der Waals surface area contributed by atoms with Crippen molar-refractivity contribution in [2.75, 3.05) is 0 Å². The Labute approximate surface area is 115 Å². The molecule has 0 aliphatic heterocycles. The van der Waals surface area contributed by atoms with Crippen LogP contribution in [-0.4, -0.2) is 11.1 Å². The first-order valence-corrected chi connectivity index (χ1v) is 5.85. The van der Waals surface area contributed by atoms with E-state index in [2.05, 4.69) is 6.07 Å². The van der Waals surface area contributed by atoms with Crippen LogP contribution in [0.15, 0.2) is 40.8 Å². The van der Waals surface area contributed by atoms with Gasteiger partial charge in [0.25, 0.3) is 0 Å². The fourth-order valence-corrected chi connectivity index (χ4v) is 1.83. The van der Waals surface area contributed by atoms with Crippen molar-refractivity contribution < 1.29 is 14.3 Å². The summed E-state index contributed by atoms with van der Waals surface area (Å²) in [5.74, 6) is -1.28. The van der Waals surface area contributed by atoms with Crippen LogP contribution < -0.4 is 0 Å². The molecule has 5 heteroatoms. The number of rotatable bonds is 4. The van der Waals surface area contributed by atoms with E-state index in [9.17, 15) is 10.1 Å². The van der Waals surface area contributed by atoms with Crippen molar-refractivity contribution >= 4 is 5.97 Å². The van der Waals surface area contributed by atoms with E-state index in [0.717, 1.165) is 5.56 Å². The number of benzene rings is 1. The lowest BCUT2D eigenvalue weighted by molar-refractivity contribution is 0.0660. The van der Waals surface area contributed by atoms with Gasteiger partial charge in [-0.25, -0.2) is 4.79 Å². The van der Waals surface area contributed by atoms with Gasteiger partial charge in [-0.1, -0.05) is 12.1 Å². The van der Waals surface area contributed by atoms with E-state index < -0.39 is 11.9 Å². The predicted octanol–water partition coefficient (Wildman–Crippen LogP) is 2.70. The first-order valence-electron chi connectivity index (χ1n) is 5.85. The van der Waals surface area contributed by atoms with Crippen molar-refractivity contribution in [1.29, 1.82) is 10.5 Å². The SMILES string of the molecule is N#Cc1ccc(C(C#N)Cc2ccc(C(=O)O)o2)cc1. The molecule has 0 aliphatic carbocycles. The molecule has 1 N–H and O–H groups in total. The summed E-state index contributed by atoms with van der Waals surface area (Å²) in [6, 6.07) is 13.8. The molecule has 98 valence electrons. The van der Waals surface area contributed by atoms with E-state index in [1.165, 1.54) is 6.07 Å². The molecule has 1 unspecified atom stereocenters. The average molecular weight is 266 g/mol. The predicted molar refractivity (Wildman–Crippen MR) is 68.9 cm³/mol. The Morgan fingerprint density at radius 1 is 1.20 bits per heavy atom. The molecule has 0 aliphatic rings. The molecule has 5 nitrogen and oxygen atoms in total. The van der Waals surface area contributed by atoms with Gasteiger partial charge in [-0.15, -0.1) is 0 Å². The molecule has 0 amide bonds. The van der Waals surface area contributed by atoms with Crippen molar-refractivity contribution in [3.05, 3.63) is 59.0 Å². The Morgan fingerprint density at radius 3 is 2.40 bits per heavy atom. The van der Waals surface area contributed by atoms with Crippen LogP contribution in [0.3, 0.4) is 0 Å². The van der Waals surface area contributed by atoms with Crippen molar-refractivity contribution in [3.63, 3.8) is 0 Å². The zero-order valence-electron chi connectivity index (χ0n) is 10.4. The van der Waals surface area contributed by atoms with Gasteiger partial charge in [0.1, 0.15) is 5.76 Å². The lowest BCUT2D eigenvalue weighted by Crippen LogP contribution is -2.00. The molecule has 1 aromatic carbocycles. The highest BCUT2D eigenvalue weighted by Gasteiger charge is 2.16. The van der Waals surface area contributed by atoms with Gasteiger partial charge >= 0.3 is 5.97 Å². The van der Waals surface area contributed by atoms with Crippen LogP contribution in [0.1, 0.15) is 33.4 Å². The van der Waals surface area contributed by atoms with Crippen LogP contribution in [0.4, 0.5) is 0 Å². The normalized spacial score (nSPS) is 11.3. The molecule has 2 aromatic rings. The summed E-state index contributed by atoms with van der Waals surface area (Å²) in [7, 11) is 0. The van der Waals surface area contributed by atoms with Crippen molar-refractivity contribution in [1.82, 2.24) is 0 Å². The van der Waals surface area contributed by atoms with Gasteiger partial charge in [-0.05, 0) is 29.8 Å². The van der Waals surface area contributed by atoms with Gasteiger partial charge in [0.05, 0.1) is 23.6 Å². The molecule has 2 rings (SSSR count). The fraction of sp³-hybridized carbons (Fsp3) is 0.133. The summed E-state index contributed by atoms with van der Waals surface area (Å²) >= 11 is 0. The maximum atomic E-state index is 10.7. The summed E-state index contributed by atoms with van der Waals surface area (Å²) in [4.78, 5) is 10.7. The lowest BCUT2D eigenvalue weighted by atomic mass is 9.95. The van der Waals surface area contributed by atoms with Crippen molar-refractivity contribution in [3.8, 4) is 12.1 Å². The smallest absolute Gasteiger partial charge is 0.371 e. The number of carboxylic acids is 1. The third-order valence-electron chi connectivity index (χ3n) is 2.88. The van der Waals surface area contributed by atoms with Gasteiger partial charge in [-0.3, -0.25) is 0 Å². The number of furan rings is 1. The molecule has 0 fully saturated rings. The molecule has 1 aromatic heterocycles. The molecular formula is C15H10N2O3. The summed E-state index contributed by atoms with van der Waals surface area (Å²) in [5.41, 5.74) is 1.29. The second kappa shape index (κ2) is 5.73. The number of carbonyl (C=O) groups is 1. The molecule has 1 heterocycles. The average Bonchev–Trinajstić information content (AvgIpc) is 2.94. The minimum Gasteiger partial charge on any atom is -0.475 e. The second-order valence-corrected chi connectivity index (χ2v) is 4.19. The highest BCUT2D eigenvalue weighted by molar-refractivity contribution is 5.84. The van der Waals surface area contributed by atoms with Crippen LogP contribution in [0.2, 0.25) is 0 Å². The summed E-state index contributed by atoms with van der Waals surface area (Å²) in [6.07, 6.45) is 0.287. The first-order chi connectivity index (χ1) is 9.63. The number of carboxylic acid groups (broad SMARTS) is 1. The van der Waals surface area contributed by atoms with Crippen molar-refractivity contribution in [2.24, 2.45) is 0 Å². The molecular weight excluding hydrogens is 256 g/mol. The fourth-order valence-electron chi connectivity index (χ4n) is 1.83. The zero-order valence-corrected chi connectivity index (χ0v) is 10.4. The minimum atomic E-state index is -1.14. The summed E-state index contributed by atoms with van der Waals surface area (Å²) < 4.78 is 5.14. The highest BCUT2D eigenvalue weighted by Crippen LogP contribution is 2.22. The Morgan fingerprint density at radius 2 is 1.90 bits per heavy atom. The molecule has 0 spiro atoms. The summed E-state index contributed by atoms with van der Waals surface area (Å²) in [5, 5.41) is 26.7. The van der Waals surface area contributed by atoms with Crippen LogP contribution >= 0.6 is 0 Å². The Hall–Kier alpha value is -3.05. The largest absolute Gasteiger partial charge is 0.475 e. The van der Waals surface area contributed by atoms with E-state index >= 15 is 0 Å². The van der Waals surface area contributed by atoms with Crippen LogP contribution in [0.5, 0.6) is 0 Å². The molecule has 0 saturated heterocycles. The quantitative estimate of drug-likeness (QED) is 0.917. The van der Waals surface area contributed by atoms with E-state index in [0.29, 0.717) is 11.3 Å². The monoisotopic (exact) mass is 266 g/mol. The highest BCUT2D eigenvalue weighted by atomic mass is 16.4.